The fourth-order valence-corrected chi connectivity index (χ4v) is 2.72. The summed E-state index contributed by atoms with van der Waals surface area (Å²) in [6.07, 6.45) is 1.67. The van der Waals surface area contributed by atoms with E-state index in [4.69, 9.17) is 0 Å². The normalized spacial score (nSPS) is 12.0. The standard InChI is InChI=1S/C14H19N7O5/c1-5-18-9(3)11(6-15-18)8(2)16-12(22)7-19-10(4)13(20(23)24)14(17-19)21(25)26/h6,8H,5,7H2,1-4H3,(H,16,22). The van der Waals surface area contributed by atoms with Gasteiger partial charge in [-0.1, -0.05) is 0 Å². The molecule has 2 rings (SSSR count). The van der Waals surface area contributed by atoms with Crippen LogP contribution in [-0.4, -0.2) is 35.3 Å². The lowest BCUT2D eigenvalue weighted by Gasteiger charge is -2.13. The van der Waals surface area contributed by atoms with Gasteiger partial charge >= 0.3 is 11.5 Å². The van der Waals surface area contributed by atoms with Gasteiger partial charge in [-0.3, -0.25) is 19.6 Å². The lowest BCUT2D eigenvalue weighted by molar-refractivity contribution is -0.424. The average Bonchev–Trinajstić information content (AvgIpc) is 3.08. The van der Waals surface area contributed by atoms with Crippen LogP contribution in [0.5, 0.6) is 0 Å². The van der Waals surface area contributed by atoms with Gasteiger partial charge in [0.2, 0.25) is 5.91 Å². The molecule has 0 saturated heterocycles. The number of rotatable bonds is 7. The van der Waals surface area contributed by atoms with Crippen LogP contribution < -0.4 is 5.32 Å². The summed E-state index contributed by atoms with van der Waals surface area (Å²) in [4.78, 5) is 32.4. The first kappa shape index (κ1) is 19.0. The smallest absolute Gasteiger partial charge is 0.358 e. The number of aromatic nitrogens is 4. The SMILES string of the molecule is CCn1ncc(C(C)NC(=O)Cn2nc([N+](=O)[O-])c([N+](=O)[O-])c2C)c1C. The van der Waals surface area contributed by atoms with Crippen LogP contribution in [0.15, 0.2) is 6.20 Å². The molecule has 2 aromatic rings. The van der Waals surface area contributed by atoms with Crippen LogP contribution in [0.25, 0.3) is 0 Å². The third-order valence-corrected chi connectivity index (χ3v) is 4.09. The first-order chi connectivity index (χ1) is 12.2. The molecule has 2 aromatic heterocycles. The molecular weight excluding hydrogens is 346 g/mol. The van der Waals surface area contributed by atoms with Crippen LogP contribution in [-0.2, 0) is 17.9 Å². The maximum atomic E-state index is 12.3. The molecule has 0 bridgehead atoms. The van der Waals surface area contributed by atoms with Crippen molar-refractivity contribution in [2.24, 2.45) is 0 Å². The van der Waals surface area contributed by atoms with Crippen LogP contribution >= 0.6 is 0 Å². The second-order valence-corrected chi connectivity index (χ2v) is 5.72. The highest BCUT2D eigenvalue weighted by Crippen LogP contribution is 2.29. The van der Waals surface area contributed by atoms with E-state index in [0.29, 0.717) is 6.54 Å². The van der Waals surface area contributed by atoms with Gasteiger partial charge in [0.25, 0.3) is 0 Å². The molecule has 140 valence electrons. The van der Waals surface area contributed by atoms with Gasteiger partial charge in [0.1, 0.15) is 12.2 Å². The van der Waals surface area contributed by atoms with Gasteiger partial charge in [0.15, 0.2) is 0 Å². The minimum atomic E-state index is -0.940. The van der Waals surface area contributed by atoms with Crippen molar-refractivity contribution in [2.45, 2.75) is 46.8 Å². The van der Waals surface area contributed by atoms with Crippen molar-refractivity contribution < 1.29 is 14.6 Å². The predicted octanol–water partition coefficient (Wildman–Crippen LogP) is 1.41. The van der Waals surface area contributed by atoms with E-state index >= 15 is 0 Å². The molecule has 12 nitrogen and oxygen atoms in total. The molecule has 1 atom stereocenters. The van der Waals surface area contributed by atoms with Crippen molar-refractivity contribution in [1.82, 2.24) is 24.9 Å². The highest BCUT2D eigenvalue weighted by molar-refractivity contribution is 5.76. The summed E-state index contributed by atoms with van der Waals surface area (Å²) in [6, 6.07) is -0.344. The Morgan fingerprint density at radius 3 is 2.35 bits per heavy atom. The molecule has 0 spiro atoms. The Morgan fingerprint density at radius 1 is 1.23 bits per heavy atom. The number of aryl methyl sites for hydroxylation is 1. The number of amides is 1. The molecule has 0 aromatic carbocycles. The second-order valence-electron chi connectivity index (χ2n) is 5.72. The van der Waals surface area contributed by atoms with Crippen molar-refractivity contribution in [1.29, 1.82) is 0 Å². The fourth-order valence-electron chi connectivity index (χ4n) is 2.72. The minimum Gasteiger partial charge on any atom is -0.358 e. The molecule has 12 heteroatoms. The Morgan fingerprint density at radius 2 is 1.88 bits per heavy atom. The maximum Gasteiger partial charge on any atom is 0.468 e. The van der Waals surface area contributed by atoms with E-state index in [0.717, 1.165) is 15.9 Å². The monoisotopic (exact) mass is 365 g/mol. The quantitative estimate of drug-likeness (QED) is 0.575. The lowest BCUT2D eigenvalue weighted by Crippen LogP contribution is -2.31. The van der Waals surface area contributed by atoms with Gasteiger partial charge in [0.05, 0.1) is 22.3 Å². The molecular formula is C14H19N7O5. The zero-order chi connectivity index (χ0) is 19.6. The van der Waals surface area contributed by atoms with E-state index in [1.807, 2.05) is 13.8 Å². The fraction of sp³-hybridized carbons (Fsp3) is 0.500. The molecule has 1 amide bonds. The summed E-state index contributed by atoms with van der Waals surface area (Å²) in [6.45, 7) is 7.26. The van der Waals surface area contributed by atoms with Crippen molar-refractivity contribution >= 4 is 17.4 Å². The van der Waals surface area contributed by atoms with E-state index in [2.05, 4.69) is 15.5 Å². The van der Waals surface area contributed by atoms with Gasteiger partial charge in [-0.25, -0.2) is 0 Å². The molecule has 0 aliphatic carbocycles. The number of carbonyl (C=O) groups excluding carboxylic acids is 1. The van der Waals surface area contributed by atoms with Crippen LogP contribution in [0.3, 0.4) is 0 Å². The van der Waals surface area contributed by atoms with Crippen molar-refractivity contribution in [3.8, 4) is 0 Å². The lowest BCUT2D eigenvalue weighted by atomic mass is 10.1. The number of nitrogens with one attached hydrogen (secondary N) is 1. The number of carbonyl (C=O) groups is 1. The molecule has 2 heterocycles. The zero-order valence-corrected chi connectivity index (χ0v) is 14.8. The number of nitrogens with zero attached hydrogens (tertiary/aromatic N) is 6. The van der Waals surface area contributed by atoms with E-state index < -0.39 is 27.3 Å². The highest BCUT2D eigenvalue weighted by atomic mass is 16.6. The predicted molar refractivity (Wildman–Crippen MR) is 89.5 cm³/mol. The Hall–Kier alpha value is -3.31. The van der Waals surface area contributed by atoms with Crippen LogP contribution in [0.1, 0.15) is 36.8 Å². The molecule has 0 radical (unpaired) electrons. The van der Waals surface area contributed by atoms with Gasteiger partial charge < -0.3 is 15.4 Å². The zero-order valence-electron chi connectivity index (χ0n) is 14.8. The summed E-state index contributed by atoms with van der Waals surface area (Å²) in [7, 11) is 0. The third kappa shape index (κ3) is 3.53. The van der Waals surface area contributed by atoms with Gasteiger partial charge in [-0.15, -0.1) is 0 Å². The summed E-state index contributed by atoms with van der Waals surface area (Å²) in [5.41, 5.74) is 0.992. The Labute approximate surface area is 148 Å². The molecule has 1 unspecified atom stereocenters. The summed E-state index contributed by atoms with van der Waals surface area (Å²) >= 11 is 0. The molecule has 0 saturated carbocycles. The third-order valence-electron chi connectivity index (χ3n) is 4.09. The van der Waals surface area contributed by atoms with Crippen molar-refractivity contribution in [3.63, 3.8) is 0 Å². The highest BCUT2D eigenvalue weighted by Gasteiger charge is 2.35. The molecule has 26 heavy (non-hydrogen) atoms. The summed E-state index contributed by atoms with van der Waals surface area (Å²) < 4.78 is 2.75. The van der Waals surface area contributed by atoms with E-state index in [1.54, 1.807) is 17.8 Å². The Bertz CT molecular complexity index is 869. The Balaban J connectivity index is 2.17. The van der Waals surface area contributed by atoms with E-state index in [-0.39, 0.29) is 18.3 Å². The van der Waals surface area contributed by atoms with Gasteiger partial charge in [0, 0.05) is 17.8 Å². The first-order valence-corrected chi connectivity index (χ1v) is 7.85. The van der Waals surface area contributed by atoms with Crippen LogP contribution in [0, 0.1) is 34.1 Å². The summed E-state index contributed by atoms with van der Waals surface area (Å²) in [5, 5.41) is 32.5. The average molecular weight is 365 g/mol. The molecule has 1 N–H and O–H groups in total. The Kier molecular flexibility index (Phi) is 5.33. The molecule has 0 fully saturated rings. The number of nitro groups is 2. The van der Waals surface area contributed by atoms with Crippen molar-refractivity contribution in [2.75, 3.05) is 0 Å². The number of hydrogen-bond acceptors (Lipinski definition) is 7. The van der Waals surface area contributed by atoms with E-state index in [9.17, 15) is 25.0 Å². The topological polar surface area (TPSA) is 151 Å². The van der Waals surface area contributed by atoms with Crippen LogP contribution in [0.2, 0.25) is 0 Å². The van der Waals surface area contributed by atoms with Crippen LogP contribution in [0.4, 0.5) is 11.5 Å². The minimum absolute atomic E-state index is 0.0560. The summed E-state index contributed by atoms with van der Waals surface area (Å²) in [5.74, 6) is -1.36. The largest absolute Gasteiger partial charge is 0.468 e. The number of hydrogen-bond donors (Lipinski definition) is 1. The molecule has 0 aliphatic heterocycles. The second kappa shape index (κ2) is 7.29. The molecule has 0 aliphatic rings. The maximum absolute atomic E-state index is 12.3. The van der Waals surface area contributed by atoms with E-state index in [1.165, 1.54) is 6.92 Å². The van der Waals surface area contributed by atoms with Crippen molar-refractivity contribution in [3.05, 3.63) is 43.4 Å². The van der Waals surface area contributed by atoms with Gasteiger partial charge in [-0.05, 0) is 32.6 Å². The first-order valence-electron chi connectivity index (χ1n) is 7.85. The van der Waals surface area contributed by atoms with Gasteiger partial charge in [-0.2, -0.15) is 9.78 Å².